The fraction of sp³-hybridized carbons (Fsp3) is 0.714. The molecular formula is C42H72O7S2Ti. The second kappa shape index (κ2) is 23.6. The molecular weight excluding hydrogens is 728 g/mol. The Morgan fingerprint density at radius 3 is 1.02 bits per heavy atom. The topological polar surface area (TPSA) is 104 Å². The van der Waals surface area contributed by atoms with Crippen LogP contribution in [0.3, 0.4) is 0 Å². The number of hydrogen-bond acceptors (Lipinski definition) is 7. The SMILES string of the molecule is CCCCCCCCCCCCc1ccccc1S(=O)(=O)[O][Ti](=[O])([O]S(=O)(=O)c1ccccc1CCCCCCCCCCCC)([CH](C)C)[CH](C)C. The van der Waals surface area contributed by atoms with E-state index in [1.54, 1.807) is 36.4 Å². The van der Waals surface area contributed by atoms with E-state index in [1.165, 1.54) is 130 Å². The first kappa shape index (κ1) is 46.9. The summed E-state index contributed by atoms with van der Waals surface area (Å²) in [4.78, 5) is -0.165. The summed E-state index contributed by atoms with van der Waals surface area (Å²) in [6.45, 7) is 10.6. The molecule has 0 aliphatic rings. The van der Waals surface area contributed by atoms with Crippen molar-refractivity contribution in [2.75, 3.05) is 0 Å². The molecule has 2 aromatic carbocycles. The van der Waals surface area contributed by atoms with Crippen molar-refractivity contribution in [2.45, 2.75) is 201 Å². The molecule has 2 aromatic rings. The molecule has 0 heterocycles. The van der Waals surface area contributed by atoms with E-state index in [9.17, 15) is 16.8 Å². The third kappa shape index (κ3) is 14.8. The number of benzene rings is 2. The molecule has 0 aliphatic heterocycles. The first-order valence-electron chi connectivity index (χ1n) is 20.7. The minimum absolute atomic E-state index is 0.0825. The second-order valence-electron chi connectivity index (χ2n) is 15.6. The van der Waals surface area contributed by atoms with Gasteiger partial charge in [-0.2, -0.15) is 0 Å². The first-order chi connectivity index (χ1) is 24.7. The summed E-state index contributed by atoms with van der Waals surface area (Å²) in [5.41, 5.74) is 1.14. The predicted octanol–water partition coefficient (Wildman–Crippen LogP) is 13.2. The van der Waals surface area contributed by atoms with E-state index in [0.717, 1.165) is 38.5 Å². The normalized spacial score (nSPS) is 13.0. The van der Waals surface area contributed by atoms with Crippen LogP contribution in [-0.4, -0.2) is 16.8 Å². The molecule has 0 saturated carbocycles. The van der Waals surface area contributed by atoms with E-state index < -0.39 is 44.7 Å². The zero-order valence-electron chi connectivity index (χ0n) is 33.5. The molecule has 10 heteroatoms. The van der Waals surface area contributed by atoms with Crippen molar-refractivity contribution in [1.29, 1.82) is 0 Å². The van der Waals surface area contributed by atoms with Gasteiger partial charge in [0.15, 0.2) is 0 Å². The van der Waals surface area contributed by atoms with Crippen LogP contribution < -0.4 is 0 Å². The van der Waals surface area contributed by atoms with E-state index >= 15 is 3.32 Å². The van der Waals surface area contributed by atoms with Crippen molar-refractivity contribution in [1.82, 2.24) is 0 Å². The van der Waals surface area contributed by atoms with Crippen molar-refractivity contribution >= 4 is 20.2 Å². The van der Waals surface area contributed by atoms with E-state index in [-0.39, 0.29) is 9.79 Å². The number of aryl methyl sites for hydroxylation is 2. The zero-order chi connectivity index (χ0) is 38.5. The van der Waals surface area contributed by atoms with Gasteiger partial charge in [-0.25, -0.2) is 0 Å². The van der Waals surface area contributed by atoms with Gasteiger partial charge in [0.25, 0.3) is 0 Å². The van der Waals surface area contributed by atoms with E-state index in [2.05, 4.69) is 13.8 Å². The molecule has 0 saturated heterocycles. The average molecular weight is 801 g/mol. The van der Waals surface area contributed by atoms with Crippen molar-refractivity contribution in [3.8, 4) is 0 Å². The summed E-state index contributed by atoms with van der Waals surface area (Å²) in [6, 6.07) is 13.2. The van der Waals surface area contributed by atoms with Gasteiger partial charge < -0.3 is 0 Å². The van der Waals surface area contributed by atoms with Gasteiger partial charge in [-0.15, -0.1) is 0 Å². The van der Waals surface area contributed by atoms with Crippen LogP contribution in [0, 0.1) is 0 Å². The fourth-order valence-corrected chi connectivity index (χ4v) is 21.5. The second-order valence-corrected chi connectivity index (χ2v) is 27.3. The number of rotatable bonds is 30. The van der Waals surface area contributed by atoms with Crippen molar-refractivity contribution < 1.29 is 41.7 Å². The third-order valence-electron chi connectivity index (χ3n) is 10.7. The summed E-state index contributed by atoms with van der Waals surface area (Å²) in [6.07, 6.45) is 24.4. The molecule has 52 heavy (non-hydrogen) atoms. The Morgan fingerprint density at radius 1 is 0.462 bits per heavy atom. The number of unbranched alkanes of at least 4 members (excludes halogenated alkanes) is 18. The van der Waals surface area contributed by atoms with Crippen LogP contribution in [0.2, 0.25) is 8.45 Å². The summed E-state index contributed by atoms with van der Waals surface area (Å²) >= 11 is -6.65. The molecule has 7 nitrogen and oxygen atoms in total. The van der Waals surface area contributed by atoms with E-state index in [0.29, 0.717) is 24.0 Å². The maximum absolute atomic E-state index is 15.4. The predicted molar refractivity (Wildman–Crippen MR) is 211 cm³/mol. The van der Waals surface area contributed by atoms with Crippen LogP contribution in [0.1, 0.15) is 181 Å². The van der Waals surface area contributed by atoms with Gasteiger partial charge in [0.2, 0.25) is 0 Å². The van der Waals surface area contributed by atoms with Crippen LogP contribution in [-0.2, 0) is 58.0 Å². The van der Waals surface area contributed by atoms with Gasteiger partial charge in [0.1, 0.15) is 0 Å². The van der Waals surface area contributed by atoms with Crippen LogP contribution in [0.5, 0.6) is 0 Å². The van der Waals surface area contributed by atoms with Gasteiger partial charge in [-0.1, -0.05) is 52.4 Å². The molecule has 0 fully saturated rings. The molecule has 298 valence electrons. The van der Waals surface area contributed by atoms with Crippen LogP contribution in [0.4, 0.5) is 0 Å². The molecule has 0 bridgehead atoms. The molecule has 0 spiro atoms. The van der Waals surface area contributed by atoms with Crippen LogP contribution in [0.15, 0.2) is 58.3 Å². The Kier molecular flexibility index (Phi) is 21.3. The van der Waals surface area contributed by atoms with Crippen LogP contribution in [0.25, 0.3) is 0 Å². The Labute approximate surface area is 320 Å². The van der Waals surface area contributed by atoms with Crippen LogP contribution >= 0.6 is 0 Å². The third-order valence-corrected chi connectivity index (χ3v) is 25.3. The molecule has 0 amide bonds. The fourth-order valence-electron chi connectivity index (χ4n) is 7.10. The Morgan fingerprint density at radius 2 is 0.731 bits per heavy atom. The molecule has 0 unspecified atom stereocenters. The Hall–Kier alpha value is -1.23. The molecule has 0 aromatic heterocycles. The van der Waals surface area contributed by atoms with E-state index in [4.69, 9.17) is 5.53 Å². The molecule has 0 N–H and O–H groups in total. The maximum atomic E-state index is 15.4. The Bertz CT molecular complexity index is 1470. The standard InChI is InChI=1S/2C18H30O3S.2C3H7.O.Ti/c2*1-2-3-4-5-6-7-8-9-10-11-14-17-15-12-13-16-18(17)22(19,20)21;2*1-3-2;;/h2*12-13,15-16H,2-11,14H2,1H3,(H,19,20,21);2*3H,1-2H3;;/q;;;;;+2/p-2. The Balaban J connectivity index is 2.18. The minimum atomic E-state index is -6.65. The zero-order valence-corrected chi connectivity index (χ0v) is 36.7. The van der Waals surface area contributed by atoms with E-state index in [1.807, 2.05) is 0 Å². The van der Waals surface area contributed by atoms with Crippen molar-refractivity contribution in [3.05, 3.63) is 59.7 Å². The first-order valence-corrected chi connectivity index (χ1v) is 27.2. The van der Waals surface area contributed by atoms with Gasteiger partial charge >= 0.3 is 270 Å². The summed E-state index contributed by atoms with van der Waals surface area (Å²) in [5.74, 6) is 0. The molecule has 2 rings (SSSR count). The summed E-state index contributed by atoms with van der Waals surface area (Å²) in [7, 11) is -9.35. The summed E-state index contributed by atoms with van der Waals surface area (Å²) < 4.78 is 81.5. The van der Waals surface area contributed by atoms with Gasteiger partial charge in [0.05, 0.1) is 0 Å². The number of hydrogen-bond donors (Lipinski definition) is 0. The van der Waals surface area contributed by atoms with Gasteiger partial charge in [-0.05, 0) is 0 Å². The molecule has 0 radical (unpaired) electrons. The van der Waals surface area contributed by atoms with Gasteiger partial charge in [-0.3, -0.25) is 0 Å². The summed E-state index contributed by atoms with van der Waals surface area (Å²) in [5, 5.41) is 0. The quantitative estimate of drug-likeness (QED) is 0.0572. The van der Waals surface area contributed by atoms with Crippen molar-refractivity contribution in [2.24, 2.45) is 0 Å². The van der Waals surface area contributed by atoms with Gasteiger partial charge in [0, 0.05) is 0 Å². The molecule has 0 atom stereocenters. The average Bonchev–Trinajstić information content (AvgIpc) is 3.09. The van der Waals surface area contributed by atoms with Crippen molar-refractivity contribution in [3.63, 3.8) is 0 Å². The molecule has 0 aliphatic carbocycles. The monoisotopic (exact) mass is 800 g/mol.